The van der Waals surface area contributed by atoms with Crippen molar-refractivity contribution < 1.29 is 4.74 Å². The average molecular weight is 389 g/mol. The van der Waals surface area contributed by atoms with Crippen molar-refractivity contribution in [2.45, 2.75) is 25.9 Å². The number of ether oxygens (including phenoxy) is 1. The molecule has 0 amide bonds. The van der Waals surface area contributed by atoms with Crippen molar-refractivity contribution in [3.63, 3.8) is 0 Å². The van der Waals surface area contributed by atoms with Gasteiger partial charge in [-0.2, -0.15) is 0 Å². The van der Waals surface area contributed by atoms with Crippen LogP contribution in [0.15, 0.2) is 66.9 Å². The number of rotatable bonds is 6. The van der Waals surface area contributed by atoms with Gasteiger partial charge in [0, 0.05) is 17.8 Å². The van der Waals surface area contributed by atoms with Gasteiger partial charge in [0.25, 0.3) is 0 Å². The molecule has 5 nitrogen and oxygen atoms in total. The largest absolute Gasteiger partial charge is 0.492 e. The summed E-state index contributed by atoms with van der Waals surface area (Å²) in [7, 11) is 4.13. The van der Waals surface area contributed by atoms with E-state index in [1.54, 1.807) is 0 Å². The Balaban J connectivity index is 1.60. The third-order valence-electron chi connectivity index (χ3n) is 5.50. The minimum atomic E-state index is 0.0520. The highest BCUT2D eigenvalue weighted by Crippen LogP contribution is 2.41. The molecule has 5 heteroatoms. The summed E-state index contributed by atoms with van der Waals surface area (Å²) in [6.45, 7) is 4.92. The number of hydrogen-bond donors (Lipinski definition) is 1. The Hall–Kier alpha value is -3.05. The first kappa shape index (κ1) is 19.3. The number of likely N-dealkylation sites (N-methyl/N-ethyl adjacent to an activating group) is 1. The van der Waals surface area contributed by atoms with E-state index in [-0.39, 0.29) is 6.04 Å². The summed E-state index contributed by atoms with van der Waals surface area (Å²) in [6.07, 6.45) is 1.82. The fourth-order valence-corrected chi connectivity index (χ4v) is 3.41. The minimum absolute atomic E-state index is 0.0520. The zero-order valence-electron chi connectivity index (χ0n) is 17.5. The molecule has 2 heterocycles. The minimum Gasteiger partial charge on any atom is -0.492 e. The van der Waals surface area contributed by atoms with Crippen LogP contribution in [0.5, 0.6) is 5.75 Å². The van der Waals surface area contributed by atoms with E-state index in [0.29, 0.717) is 12.6 Å². The van der Waals surface area contributed by atoms with Crippen LogP contribution in [-0.4, -0.2) is 36.6 Å². The normalized spacial score (nSPS) is 16.4. The van der Waals surface area contributed by atoms with Gasteiger partial charge in [0.2, 0.25) is 0 Å². The fourth-order valence-electron chi connectivity index (χ4n) is 3.41. The summed E-state index contributed by atoms with van der Waals surface area (Å²) in [4.78, 5) is 6.68. The van der Waals surface area contributed by atoms with Gasteiger partial charge in [-0.1, -0.05) is 35.9 Å². The summed E-state index contributed by atoms with van der Waals surface area (Å²) in [6, 6.07) is 21.5. The zero-order chi connectivity index (χ0) is 20.4. The van der Waals surface area contributed by atoms with E-state index in [9.17, 15) is 0 Å². The molecule has 3 aromatic rings. The van der Waals surface area contributed by atoms with Gasteiger partial charge >= 0.3 is 0 Å². The second-order valence-corrected chi connectivity index (χ2v) is 7.85. The highest BCUT2D eigenvalue weighted by atomic mass is 16.5. The standard InChI is InChI=1S/C24H28N4O/c1-17-7-11-20(12-8-17)28-23(22-6-5-15-25-24(22)26-28)19-9-13-21(14-10-19)29-16-18(2)27(3)4/h5-15,18,23H,16H2,1-4H3,(H,25,26). The van der Waals surface area contributed by atoms with E-state index in [0.717, 1.165) is 17.3 Å². The number of aryl methyl sites for hydroxylation is 1. The smallest absolute Gasteiger partial charge is 0.150 e. The van der Waals surface area contributed by atoms with Crippen LogP contribution >= 0.6 is 0 Å². The average Bonchev–Trinajstić information content (AvgIpc) is 3.12. The van der Waals surface area contributed by atoms with Gasteiger partial charge in [-0.05, 0) is 63.8 Å². The summed E-state index contributed by atoms with van der Waals surface area (Å²) in [5, 5.41) is 2.18. The molecule has 1 aliphatic heterocycles. The van der Waals surface area contributed by atoms with E-state index < -0.39 is 0 Å². The van der Waals surface area contributed by atoms with Crippen molar-refractivity contribution in [1.29, 1.82) is 0 Å². The molecule has 2 aromatic carbocycles. The van der Waals surface area contributed by atoms with Gasteiger partial charge in [0.05, 0.1) is 5.69 Å². The number of anilines is 2. The van der Waals surface area contributed by atoms with E-state index in [1.165, 1.54) is 16.7 Å². The predicted molar refractivity (Wildman–Crippen MR) is 118 cm³/mol. The lowest BCUT2D eigenvalue weighted by Crippen LogP contribution is -2.30. The Morgan fingerprint density at radius 3 is 2.48 bits per heavy atom. The molecule has 0 spiro atoms. The Kier molecular flexibility index (Phi) is 5.41. The van der Waals surface area contributed by atoms with Gasteiger partial charge in [-0.15, -0.1) is 0 Å². The molecule has 4 rings (SSSR count). The maximum atomic E-state index is 5.96. The topological polar surface area (TPSA) is 40.6 Å². The lowest BCUT2D eigenvalue weighted by Gasteiger charge is -2.27. The molecule has 0 fully saturated rings. The Bertz CT molecular complexity index is 953. The molecule has 2 atom stereocenters. The van der Waals surface area contributed by atoms with Crippen molar-refractivity contribution in [2.24, 2.45) is 0 Å². The molecular formula is C24H28N4O. The van der Waals surface area contributed by atoms with Crippen LogP contribution in [0.1, 0.15) is 29.7 Å². The number of benzene rings is 2. The van der Waals surface area contributed by atoms with Crippen LogP contribution in [0.4, 0.5) is 11.5 Å². The number of pyridine rings is 1. The third-order valence-corrected chi connectivity index (χ3v) is 5.50. The number of fused-ring (bicyclic) bond motifs is 1. The van der Waals surface area contributed by atoms with Gasteiger partial charge in [-0.25, -0.2) is 4.98 Å². The number of nitrogens with zero attached hydrogens (tertiary/aromatic N) is 3. The summed E-state index contributed by atoms with van der Waals surface area (Å²) < 4.78 is 5.96. The molecular weight excluding hydrogens is 360 g/mol. The second kappa shape index (κ2) is 8.13. The predicted octanol–water partition coefficient (Wildman–Crippen LogP) is 4.66. The number of hydrogen-bond acceptors (Lipinski definition) is 5. The van der Waals surface area contributed by atoms with Crippen LogP contribution in [0, 0.1) is 6.92 Å². The molecule has 1 aliphatic rings. The first-order valence-corrected chi connectivity index (χ1v) is 9.99. The lowest BCUT2D eigenvalue weighted by molar-refractivity contribution is 0.198. The van der Waals surface area contributed by atoms with E-state index >= 15 is 0 Å². The van der Waals surface area contributed by atoms with Crippen molar-refractivity contribution in [2.75, 3.05) is 31.1 Å². The first-order chi connectivity index (χ1) is 14.0. The molecule has 1 aromatic heterocycles. The van der Waals surface area contributed by atoms with E-state index in [2.05, 4.69) is 103 Å². The van der Waals surface area contributed by atoms with Crippen LogP contribution in [-0.2, 0) is 0 Å². The monoisotopic (exact) mass is 388 g/mol. The third kappa shape index (κ3) is 4.05. The maximum absolute atomic E-state index is 5.96. The molecule has 2 unspecified atom stereocenters. The van der Waals surface area contributed by atoms with E-state index in [1.807, 2.05) is 12.3 Å². The zero-order valence-corrected chi connectivity index (χ0v) is 17.5. The number of hydrazine groups is 1. The van der Waals surface area contributed by atoms with Crippen molar-refractivity contribution in [3.05, 3.63) is 83.6 Å². The van der Waals surface area contributed by atoms with E-state index in [4.69, 9.17) is 4.74 Å². The highest BCUT2D eigenvalue weighted by Gasteiger charge is 2.32. The van der Waals surface area contributed by atoms with Gasteiger partial charge in [0.15, 0.2) is 0 Å². The molecule has 0 radical (unpaired) electrons. The molecule has 0 bridgehead atoms. The molecule has 1 N–H and O–H groups in total. The molecule has 0 saturated heterocycles. The van der Waals surface area contributed by atoms with Crippen LogP contribution in [0.25, 0.3) is 0 Å². The lowest BCUT2D eigenvalue weighted by atomic mass is 9.99. The quantitative estimate of drug-likeness (QED) is 0.665. The van der Waals surface area contributed by atoms with Crippen molar-refractivity contribution >= 4 is 11.5 Å². The Morgan fingerprint density at radius 2 is 1.79 bits per heavy atom. The number of aromatic nitrogens is 1. The molecule has 150 valence electrons. The summed E-state index contributed by atoms with van der Waals surface area (Å²) in [5.41, 5.74) is 8.19. The Labute approximate surface area is 172 Å². The van der Waals surface area contributed by atoms with Gasteiger partial charge in [-0.3, -0.25) is 10.4 Å². The van der Waals surface area contributed by atoms with Crippen LogP contribution < -0.4 is 15.2 Å². The molecule has 29 heavy (non-hydrogen) atoms. The SMILES string of the molecule is Cc1ccc(N2Nc3ncccc3C2c2ccc(OCC(C)N(C)C)cc2)cc1. The summed E-state index contributed by atoms with van der Waals surface area (Å²) in [5.74, 6) is 1.79. The maximum Gasteiger partial charge on any atom is 0.150 e. The van der Waals surface area contributed by atoms with Crippen molar-refractivity contribution in [3.8, 4) is 5.75 Å². The highest BCUT2D eigenvalue weighted by molar-refractivity contribution is 5.67. The van der Waals surface area contributed by atoms with Crippen LogP contribution in [0.3, 0.4) is 0 Å². The molecule has 0 aliphatic carbocycles. The molecule has 0 saturated carbocycles. The van der Waals surface area contributed by atoms with Crippen LogP contribution in [0.2, 0.25) is 0 Å². The number of nitrogens with one attached hydrogen (secondary N) is 1. The van der Waals surface area contributed by atoms with Gasteiger partial charge in [0.1, 0.15) is 24.2 Å². The van der Waals surface area contributed by atoms with Crippen molar-refractivity contribution in [1.82, 2.24) is 9.88 Å². The van der Waals surface area contributed by atoms with Gasteiger partial charge < -0.3 is 9.64 Å². The second-order valence-electron chi connectivity index (χ2n) is 7.85. The Morgan fingerprint density at radius 1 is 1.07 bits per heavy atom. The fraction of sp³-hybridized carbons (Fsp3) is 0.292. The summed E-state index contributed by atoms with van der Waals surface area (Å²) >= 11 is 0. The first-order valence-electron chi connectivity index (χ1n) is 9.99.